The van der Waals surface area contributed by atoms with Crippen molar-refractivity contribution in [1.29, 1.82) is 0 Å². The zero-order valence-electron chi connectivity index (χ0n) is 14.4. The van der Waals surface area contributed by atoms with Gasteiger partial charge in [0.15, 0.2) is 0 Å². The summed E-state index contributed by atoms with van der Waals surface area (Å²) in [5.41, 5.74) is 3.86. The molecular formula is C20H20NNaO6. The number of aromatic hydroxyl groups is 1. The van der Waals surface area contributed by atoms with Gasteiger partial charge in [-0.05, 0) is 40.8 Å². The average molecular weight is 393 g/mol. The van der Waals surface area contributed by atoms with Gasteiger partial charge in [0.1, 0.15) is 11.5 Å². The molecule has 28 heavy (non-hydrogen) atoms. The van der Waals surface area contributed by atoms with E-state index in [2.05, 4.69) is 4.99 Å². The van der Waals surface area contributed by atoms with Crippen LogP contribution in [0.4, 0.5) is 4.79 Å². The standard InChI is InChI=1S/C19H17NO3.CH2O3.Na.H/c21-15-8-6-14(7-9-15)16-10-11-20-18(19(22)23)17(16)12-13-4-2-1-3-5-13;2-1(3)4;;/h1-9,21H,10-12H2,(H,22,23);(H2,2,3,4);;. The number of carboxylic acid groups (broad SMARTS) is 3. The summed E-state index contributed by atoms with van der Waals surface area (Å²) < 4.78 is 0. The number of phenolic OH excluding ortho intramolecular Hbond substituents is 1. The molecule has 0 atom stereocenters. The first-order chi connectivity index (χ1) is 12.9. The van der Waals surface area contributed by atoms with Crippen molar-refractivity contribution < 1.29 is 30.0 Å². The van der Waals surface area contributed by atoms with Crippen LogP contribution in [-0.4, -0.2) is 74.4 Å². The average Bonchev–Trinajstić information content (AvgIpc) is 2.63. The van der Waals surface area contributed by atoms with Crippen LogP contribution in [-0.2, 0) is 11.2 Å². The summed E-state index contributed by atoms with van der Waals surface area (Å²) in [6.45, 7) is 0.468. The summed E-state index contributed by atoms with van der Waals surface area (Å²) in [5, 5.41) is 32.9. The Bertz CT molecular complexity index is 871. The Balaban J connectivity index is 0.000000717. The molecule has 1 aliphatic heterocycles. The SMILES string of the molecule is O=C(O)C1=NCCC(c2ccc(O)cc2)=C1Cc1ccccc1.O=C(O)O.[NaH]. The van der Waals surface area contributed by atoms with Crippen LogP contribution in [0.3, 0.4) is 0 Å². The molecule has 2 aromatic carbocycles. The number of carboxylic acids is 1. The topological polar surface area (TPSA) is 127 Å². The number of benzene rings is 2. The van der Waals surface area contributed by atoms with Crippen LogP contribution < -0.4 is 0 Å². The molecule has 0 amide bonds. The third-order valence-corrected chi connectivity index (χ3v) is 3.92. The van der Waals surface area contributed by atoms with Crippen LogP contribution >= 0.6 is 0 Å². The molecule has 0 fully saturated rings. The fourth-order valence-corrected chi connectivity index (χ4v) is 2.84. The van der Waals surface area contributed by atoms with Crippen LogP contribution in [0.5, 0.6) is 5.75 Å². The van der Waals surface area contributed by atoms with Crippen molar-refractivity contribution in [2.45, 2.75) is 12.8 Å². The van der Waals surface area contributed by atoms with Crippen LogP contribution in [0.2, 0.25) is 0 Å². The maximum absolute atomic E-state index is 11.6. The van der Waals surface area contributed by atoms with E-state index in [1.807, 2.05) is 42.5 Å². The fraction of sp³-hybridized carbons (Fsp3) is 0.150. The van der Waals surface area contributed by atoms with Crippen molar-refractivity contribution in [3.8, 4) is 5.75 Å². The van der Waals surface area contributed by atoms with Crippen LogP contribution in [0, 0.1) is 0 Å². The van der Waals surface area contributed by atoms with E-state index in [0.717, 1.165) is 22.3 Å². The monoisotopic (exact) mass is 393 g/mol. The Hall–Kier alpha value is -2.61. The second-order valence-electron chi connectivity index (χ2n) is 5.73. The summed E-state index contributed by atoms with van der Waals surface area (Å²) in [6, 6.07) is 16.7. The van der Waals surface area contributed by atoms with Gasteiger partial charge in [0.05, 0.1) is 0 Å². The Kier molecular flexibility index (Phi) is 9.44. The number of dihydropyridines is 1. The molecule has 0 radical (unpaired) electrons. The molecule has 0 aromatic heterocycles. The van der Waals surface area contributed by atoms with Gasteiger partial charge in [0, 0.05) is 13.0 Å². The van der Waals surface area contributed by atoms with E-state index in [9.17, 15) is 15.0 Å². The molecular weight excluding hydrogens is 373 g/mol. The summed E-state index contributed by atoms with van der Waals surface area (Å²) in [7, 11) is 0. The predicted octanol–water partition coefficient (Wildman–Crippen LogP) is 2.89. The van der Waals surface area contributed by atoms with Gasteiger partial charge in [-0.3, -0.25) is 4.99 Å². The summed E-state index contributed by atoms with van der Waals surface area (Å²) in [4.78, 5) is 24.3. The summed E-state index contributed by atoms with van der Waals surface area (Å²) in [6.07, 6.45) is -0.605. The molecule has 142 valence electrons. The number of hydrogen-bond donors (Lipinski definition) is 4. The van der Waals surface area contributed by atoms with E-state index < -0.39 is 12.1 Å². The zero-order valence-corrected chi connectivity index (χ0v) is 14.4. The quantitative estimate of drug-likeness (QED) is 0.592. The number of aliphatic carboxylic acids is 1. The molecule has 1 heterocycles. The predicted molar refractivity (Wildman–Crippen MR) is 108 cm³/mol. The van der Waals surface area contributed by atoms with E-state index in [1.165, 1.54) is 0 Å². The number of nitrogens with zero attached hydrogens (tertiary/aromatic N) is 1. The van der Waals surface area contributed by atoms with Gasteiger partial charge in [-0.15, -0.1) is 0 Å². The van der Waals surface area contributed by atoms with E-state index in [0.29, 0.717) is 19.4 Å². The molecule has 0 spiro atoms. The second-order valence-corrected chi connectivity index (χ2v) is 5.73. The van der Waals surface area contributed by atoms with E-state index in [1.54, 1.807) is 12.1 Å². The fourth-order valence-electron chi connectivity index (χ4n) is 2.84. The van der Waals surface area contributed by atoms with Crippen LogP contribution in [0.1, 0.15) is 17.5 Å². The van der Waals surface area contributed by atoms with Crippen molar-refractivity contribution in [2.75, 3.05) is 6.54 Å². The van der Waals surface area contributed by atoms with Crippen molar-refractivity contribution in [2.24, 2.45) is 4.99 Å². The number of rotatable bonds is 4. The molecule has 0 saturated carbocycles. The van der Waals surface area contributed by atoms with E-state index >= 15 is 0 Å². The molecule has 8 heteroatoms. The second kappa shape index (κ2) is 11.3. The van der Waals surface area contributed by atoms with Crippen LogP contribution in [0.15, 0.2) is 65.2 Å². The number of aliphatic imine (C=N–C) groups is 1. The van der Waals surface area contributed by atoms with Gasteiger partial charge in [0.25, 0.3) is 0 Å². The van der Waals surface area contributed by atoms with E-state index in [4.69, 9.17) is 15.0 Å². The molecule has 0 aliphatic carbocycles. The molecule has 3 rings (SSSR count). The van der Waals surface area contributed by atoms with Gasteiger partial charge >= 0.3 is 41.7 Å². The van der Waals surface area contributed by atoms with Gasteiger partial charge in [-0.1, -0.05) is 42.5 Å². The normalized spacial score (nSPS) is 12.8. The first-order valence-corrected chi connectivity index (χ1v) is 8.14. The minimum atomic E-state index is -1.83. The van der Waals surface area contributed by atoms with Gasteiger partial charge in [0.2, 0.25) is 0 Å². The molecule has 1 aliphatic rings. The van der Waals surface area contributed by atoms with Gasteiger partial charge in [-0.25, -0.2) is 9.59 Å². The Morgan fingerprint density at radius 2 is 1.50 bits per heavy atom. The Labute approximate surface area is 184 Å². The van der Waals surface area contributed by atoms with Crippen molar-refractivity contribution >= 4 is 53.0 Å². The van der Waals surface area contributed by atoms with Gasteiger partial charge in [-0.2, -0.15) is 0 Å². The molecule has 0 bridgehead atoms. The number of phenols is 1. The van der Waals surface area contributed by atoms with Crippen molar-refractivity contribution in [3.63, 3.8) is 0 Å². The Morgan fingerprint density at radius 1 is 0.929 bits per heavy atom. The molecule has 0 saturated heterocycles. The molecule has 4 N–H and O–H groups in total. The van der Waals surface area contributed by atoms with E-state index in [-0.39, 0.29) is 41.0 Å². The first-order valence-electron chi connectivity index (χ1n) is 8.14. The minimum absolute atomic E-state index is 0. The van der Waals surface area contributed by atoms with Crippen LogP contribution in [0.25, 0.3) is 5.57 Å². The molecule has 2 aromatic rings. The summed E-state index contributed by atoms with van der Waals surface area (Å²) >= 11 is 0. The zero-order chi connectivity index (χ0) is 19.8. The van der Waals surface area contributed by atoms with Gasteiger partial charge < -0.3 is 20.4 Å². The van der Waals surface area contributed by atoms with Crippen molar-refractivity contribution in [1.82, 2.24) is 0 Å². The summed E-state index contributed by atoms with van der Waals surface area (Å²) in [5.74, 6) is -0.797. The maximum atomic E-state index is 11.6. The molecule has 7 nitrogen and oxygen atoms in total. The third kappa shape index (κ3) is 6.84. The third-order valence-electron chi connectivity index (χ3n) is 3.92. The van der Waals surface area contributed by atoms with Crippen molar-refractivity contribution in [3.05, 3.63) is 71.3 Å². The number of hydrogen-bond acceptors (Lipinski definition) is 4. The number of carbonyl (C=O) groups is 2. The molecule has 0 unspecified atom stereocenters. The first kappa shape index (κ1) is 23.4. The Morgan fingerprint density at radius 3 is 2.04 bits per heavy atom.